The van der Waals surface area contributed by atoms with Crippen LogP contribution in [-0.2, 0) is 0 Å². The van der Waals surface area contributed by atoms with Gasteiger partial charge < -0.3 is 10.4 Å². The van der Waals surface area contributed by atoms with Crippen molar-refractivity contribution in [3.05, 3.63) is 52.0 Å². The molecule has 3 heterocycles. The van der Waals surface area contributed by atoms with Crippen molar-refractivity contribution >= 4 is 17.2 Å². The Morgan fingerprint density at radius 2 is 2.13 bits per heavy atom. The first-order valence-corrected chi connectivity index (χ1v) is 8.33. The van der Waals surface area contributed by atoms with Gasteiger partial charge in [0.1, 0.15) is 5.82 Å². The van der Waals surface area contributed by atoms with Crippen molar-refractivity contribution in [2.75, 3.05) is 11.9 Å². The zero-order valence-electron chi connectivity index (χ0n) is 13.1. The zero-order chi connectivity index (χ0) is 16.2. The quantitative estimate of drug-likeness (QED) is 0.727. The summed E-state index contributed by atoms with van der Waals surface area (Å²) < 4.78 is 1.77. The van der Waals surface area contributed by atoms with E-state index in [-0.39, 0.29) is 12.6 Å². The molecule has 0 radical (unpaired) electrons. The third-order valence-electron chi connectivity index (χ3n) is 3.50. The Bertz CT molecular complexity index is 751. The Hall–Kier alpha value is -2.25. The second-order valence-corrected chi connectivity index (χ2v) is 6.32. The van der Waals surface area contributed by atoms with Crippen LogP contribution in [0.25, 0.3) is 5.82 Å². The van der Waals surface area contributed by atoms with Crippen molar-refractivity contribution in [3.63, 3.8) is 0 Å². The van der Waals surface area contributed by atoms with Crippen molar-refractivity contribution < 1.29 is 5.11 Å². The van der Waals surface area contributed by atoms with Crippen LogP contribution < -0.4 is 5.32 Å². The maximum Gasteiger partial charge on any atom is 0.176 e. The molecule has 7 heteroatoms. The van der Waals surface area contributed by atoms with E-state index >= 15 is 0 Å². The van der Waals surface area contributed by atoms with Gasteiger partial charge in [-0.25, -0.2) is 4.68 Å². The number of nitrogens with zero attached hydrogens (tertiary/aromatic N) is 4. The summed E-state index contributed by atoms with van der Waals surface area (Å²) in [7, 11) is 0. The summed E-state index contributed by atoms with van der Waals surface area (Å²) in [5.74, 6) is 1.37. The third kappa shape index (κ3) is 3.57. The molecule has 0 fully saturated rings. The van der Waals surface area contributed by atoms with Crippen LogP contribution in [0.4, 0.5) is 5.82 Å². The molecule has 3 rings (SSSR count). The van der Waals surface area contributed by atoms with Crippen molar-refractivity contribution in [2.24, 2.45) is 0 Å². The molecule has 3 aromatic rings. The van der Waals surface area contributed by atoms with E-state index in [0.29, 0.717) is 18.1 Å². The van der Waals surface area contributed by atoms with Crippen molar-refractivity contribution in [2.45, 2.75) is 26.3 Å². The largest absolute Gasteiger partial charge is 0.396 e. The van der Waals surface area contributed by atoms with Gasteiger partial charge in [0.05, 0.1) is 11.7 Å². The van der Waals surface area contributed by atoms with Gasteiger partial charge in [0.2, 0.25) is 0 Å². The molecule has 0 amide bonds. The highest BCUT2D eigenvalue weighted by atomic mass is 32.1. The smallest absolute Gasteiger partial charge is 0.176 e. The Morgan fingerprint density at radius 1 is 1.26 bits per heavy atom. The van der Waals surface area contributed by atoms with E-state index in [1.807, 2.05) is 43.5 Å². The van der Waals surface area contributed by atoms with Gasteiger partial charge in [-0.15, -0.1) is 21.5 Å². The number of aliphatic hydroxyl groups excluding tert-OH is 1. The standard InChI is InChI=1S/C16H19N5OS/c1-11-10-12(2)21(20-11)16-6-5-15(18-19-16)17-13(7-8-22)14-4-3-9-23-14/h3-6,9-10,13,22H,7-8H2,1-2H3,(H,17,18)/t13-/m0/s1. The van der Waals surface area contributed by atoms with Gasteiger partial charge in [0.15, 0.2) is 5.82 Å². The monoisotopic (exact) mass is 329 g/mol. The molecule has 0 aromatic carbocycles. The predicted molar refractivity (Wildman–Crippen MR) is 91.0 cm³/mol. The molecule has 0 unspecified atom stereocenters. The highest BCUT2D eigenvalue weighted by molar-refractivity contribution is 7.10. The summed E-state index contributed by atoms with van der Waals surface area (Å²) >= 11 is 1.66. The average molecular weight is 329 g/mol. The molecule has 23 heavy (non-hydrogen) atoms. The normalized spacial score (nSPS) is 12.3. The molecular weight excluding hydrogens is 310 g/mol. The van der Waals surface area contributed by atoms with E-state index in [0.717, 1.165) is 11.4 Å². The van der Waals surface area contributed by atoms with E-state index in [1.165, 1.54) is 4.88 Å². The lowest BCUT2D eigenvalue weighted by atomic mass is 10.2. The van der Waals surface area contributed by atoms with Gasteiger partial charge in [-0.2, -0.15) is 5.10 Å². The molecule has 3 aromatic heterocycles. The number of thiophene rings is 1. The first-order chi connectivity index (χ1) is 11.2. The van der Waals surface area contributed by atoms with Crippen LogP contribution in [0.15, 0.2) is 35.7 Å². The van der Waals surface area contributed by atoms with Crippen LogP contribution in [0.2, 0.25) is 0 Å². The molecule has 6 nitrogen and oxygen atoms in total. The summed E-state index contributed by atoms with van der Waals surface area (Å²) in [4.78, 5) is 1.17. The third-order valence-corrected chi connectivity index (χ3v) is 4.49. The SMILES string of the molecule is Cc1cc(C)n(-c2ccc(N[C@@H](CCO)c3cccs3)nn2)n1. The minimum atomic E-state index is 0.0360. The molecule has 0 aliphatic carbocycles. The van der Waals surface area contributed by atoms with Gasteiger partial charge in [-0.05, 0) is 49.9 Å². The fourth-order valence-electron chi connectivity index (χ4n) is 2.46. The van der Waals surface area contributed by atoms with E-state index in [4.69, 9.17) is 0 Å². The molecule has 0 spiro atoms. The highest BCUT2D eigenvalue weighted by Crippen LogP contribution is 2.25. The maximum atomic E-state index is 9.26. The molecule has 0 saturated carbocycles. The summed E-state index contributed by atoms with van der Waals surface area (Å²) in [5.41, 5.74) is 1.97. The summed E-state index contributed by atoms with van der Waals surface area (Å²) in [6, 6.07) is 9.87. The van der Waals surface area contributed by atoms with Crippen LogP contribution in [0.3, 0.4) is 0 Å². The fourth-order valence-corrected chi connectivity index (χ4v) is 3.27. The molecule has 1 atom stereocenters. The fraction of sp³-hybridized carbons (Fsp3) is 0.312. The first kappa shape index (κ1) is 15.6. The van der Waals surface area contributed by atoms with E-state index in [2.05, 4.69) is 26.7 Å². The van der Waals surface area contributed by atoms with Crippen LogP contribution >= 0.6 is 11.3 Å². The minimum Gasteiger partial charge on any atom is -0.396 e. The molecule has 0 bridgehead atoms. The average Bonchev–Trinajstić information content (AvgIpc) is 3.17. The lowest BCUT2D eigenvalue weighted by molar-refractivity contribution is 0.280. The van der Waals surface area contributed by atoms with Crippen LogP contribution in [0, 0.1) is 13.8 Å². The number of hydrogen-bond donors (Lipinski definition) is 2. The van der Waals surface area contributed by atoms with Crippen molar-refractivity contribution in [3.8, 4) is 5.82 Å². The topological polar surface area (TPSA) is 75.9 Å². The van der Waals surface area contributed by atoms with E-state index in [1.54, 1.807) is 16.0 Å². The molecular formula is C16H19N5OS. The summed E-state index contributed by atoms with van der Waals surface area (Å²) in [5, 5.41) is 27.5. The molecule has 0 aliphatic rings. The zero-order valence-corrected chi connectivity index (χ0v) is 13.9. The van der Waals surface area contributed by atoms with Gasteiger partial charge in [0, 0.05) is 17.2 Å². The molecule has 0 aliphatic heterocycles. The number of rotatable bonds is 6. The van der Waals surface area contributed by atoms with Crippen molar-refractivity contribution in [1.82, 2.24) is 20.0 Å². The summed E-state index contributed by atoms with van der Waals surface area (Å²) in [6.45, 7) is 4.06. The number of aromatic nitrogens is 4. The second kappa shape index (κ2) is 6.89. The Kier molecular flexibility index (Phi) is 4.68. The van der Waals surface area contributed by atoms with Gasteiger partial charge in [-0.1, -0.05) is 6.07 Å². The molecule has 0 saturated heterocycles. The Labute approximate surface area is 138 Å². The van der Waals surface area contributed by atoms with Crippen LogP contribution in [0.1, 0.15) is 28.7 Å². The highest BCUT2D eigenvalue weighted by Gasteiger charge is 2.13. The number of aryl methyl sites for hydroxylation is 2. The van der Waals surface area contributed by atoms with E-state index in [9.17, 15) is 5.11 Å². The lowest BCUT2D eigenvalue weighted by Crippen LogP contribution is -2.13. The van der Waals surface area contributed by atoms with Gasteiger partial charge in [-0.3, -0.25) is 0 Å². The number of aliphatic hydroxyl groups is 1. The van der Waals surface area contributed by atoms with Gasteiger partial charge in [0.25, 0.3) is 0 Å². The molecule has 120 valence electrons. The van der Waals surface area contributed by atoms with E-state index < -0.39 is 0 Å². The van der Waals surface area contributed by atoms with Crippen molar-refractivity contribution in [1.29, 1.82) is 0 Å². The van der Waals surface area contributed by atoms with Crippen LogP contribution in [-0.4, -0.2) is 31.7 Å². The lowest BCUT2D eigenvalue weighted by Gasteiger charge is -2.16. The number of hydrogen-bond acceptors (Lipinski definition) is 6. The number of nitrogens with one attached hydrogen (secondary N) is 1. The summed E-state index contributed by atoms with van der Waals surface area (Å²) in [6.07, 6.45) is 0.626. The second-order valence-electron chi connectivity index (χ2n) is 5.34. The Balaban J connectivity index is 1.77. The van der Waals surface area contributed by atoms with Crippen LogP contribution in [0.5, 0.6) is 0 Å². The minimum absolute atomic E-state index is 0.0360. The predicted octanol–water partition coefficient (Wildman–Crippen LogP) is 2.88. The van der Waals surface area contributed by atoms with Gasteiger partial charge >= 0.3 is 0 Å². The number of anilines is 1. The Morgan fingerprint density at radius 3 is 2.70 bits per heavy atom. The maximum absolute atomic E-state index is 9.26. The first-order valence-electron chi connectivity index (χ1n) is 7.45. The molecule has 2 N–H and O–H groups in total.